The first-order valence-electron chi connectivity index (χ1n) is 17.3. The number of aliphatic hydroxyl groups excluding tert-OH is 1. The second kappa shape index (κ2) is 20.0. The third-order valence-corrected chi connectivity index (χ3v) is 8.93. The molecule has 1 fully saturated rings. The van der Waals surface area contributed by atoms with E-state index in [1.165, 1.54) is 0 Å². The van der Waals surface area contributed by atoms with Gasteiger partial charge in [-0.25, -0.2) is 0 Å². The van der Waals surface area contributed by atoms with Gasteiger partial charge < -0.3 is 24.8 Å². The third kappa shape index (κ3) is 12.1. The van der Waals surface area contributed by atoms with Gasteiger partial charge in [0.25, 0.3) is 0 Å². The van der Waals surface area contributed by atoms with Gasteiger partial charge in [0, 0.05) is 13.0 Å². The first-order valence-corrected chi connectivity index (χ1v) is 17.3. The van der Waals surface area contributed by atoms with E-state index in [2.05, 4.69) is 18.5 Å². The number of hydrogen-bond donors (Lipinski definition) is 2. The van der Waals surface area contributed by atoms with E-state index in [0.717, 1.165) is 35.3 Å². The van der Waals surface area contributed by atoms with Gasteiger partial charge in [0.15, 0.2) is 0 Å². The molecule has 1 saturated heterocycles. The van der Waals surface area contributed by atoms with E-state index >= 15 is 0 Å². The Morgan fingerprint density at radius 2 is 1.55 bits per heavy atom. The van der Waals surface area contributed by atoms with Crippen LogP contribution in [0.5, 0.6) is 5.75 Å². The number of carbonyl (C=O) groups excluding carboxylic acids is 3. The largest absolute Gasteiger partial charge is 0.489 e. The maximum absolute atomic E-state index is 13.7. The van der Waals surface area contributed by atoms with Crippen LogP contribution in [0.4, 0.5) is 0 Å². The molecule has 0 aliphatic carbocycles. The van der Waals surface area contributed by atoms with Crippen molar-refractivity contribution >= 4 is 17.8 Å². The van der Waals surface area contributed by atoms with Crippen molar-refractivity contribution < 1.29 is 29.0 Å². The van der Waals surface area contributed by atoms with Crippen molar-refractivity contribution in [3.8, 4) is 5.75 Å². The van der Waals surface area contributed by atoms with Crippen LogP contribution >= 0.6 is 0 Å². The standard InChI is InChI=1S/C41H50N2O6/c1-3-5-18-35(25-31-14-8-6-9-15-31)41(47)49-30-37-19-12-24-43(37)40(46)34(13-4-2)27-39(45)42-36(28-44)26-32-20-22-38(23-21-32)48-29-33-16-10-7-11-17-33/h3-4,6-11,14-17,20-23,34-37,44H,1-2,5,12-13,18-19,24-30H2,(H,42,45)/t34-,35-,36+,37+/m1/s1. The quantitative estimate of drug-likeness (QED) is 0.110. The Kier molecular flexibility index (Phi) is 15.1. The lowest BCUT2D eigenvalue weighted by atomic mass is 9.95. The van der Waals surface area contributed by atoms with Gasteiger partial charge in [0.2, 0.25) is 11.8 Å². The van der Waals surface area contributed by atoms with Crippen molar-refractivity contribution in [1.82, 2.24) is 10.2 Å². The molecule has 260 valence electrons. The number of benzene rings is 3. The van der Waals surface area contributed by atoms with Crippen LogP contribution in [-0.2, 0) is 38.6 Å². The minimum absolute atomic E-state index is 0.0304. The minimum atomic E-state index is -0.604. The van der Waals surface area contributed by atoms with Crippen molar-refractivity contribution in [3.63, 3.8) is 0 Å². The summed E-state index contributed by atoms with van der Waals surface area (Å²) in [5.41, 5.74) is 3.09. The molecule has 4 rings (SSSR count). The lowest BCUT2D eigenvalue weighted by molar-refractivity contribution is -0.152. The number of amides is 2. The highest BCUT2D eigenvalue weighted by atomic mass is 16.5. The van der Waals surface area contributed by atoms with E-state index in [9.17, 15) is 19.5 Å². The van der Waals surface area contributed by atoms with Gasteiger partial charge in [0.1, 0.15) is 19.0 Å². The fourth-order valence-corrected chi connectivity index (χ4v) is 6.24. The molecule has 0 spiro atoms. The lowest BCUT2D eigenvalue weighted by Crippen LogP contribution is -2.45. The topological polar surface area (TPSA) is 105 Å². The van der Waals surface area contributed by atoms with E-state index in [0.29, 0.717) is 45.3 Å². The number of esters is 1. The van der Waals surface area contributed by atoms with Crippen LogP contribution in [0.25, 0.3) is 0 Å². The Bertz CT molecular complexity index is 1480. The molecule has 0 radical (unpaired) electrons. The van der Waals surface area contributed by atoms with Gasteiger partial charge in [-0.05, 0) is 73.8 Å². The molecule has 1 heterocycles. The Hall–Kier alpha value is -4.69. The van der Waals surface area contributed by atoms with Gasteiger partial charge in [-0.15, -0.1) is 13.2 Å². The first kappa shape index (κ1) is 37.1. The van der Waals surface area contributed by atoms with Gasteiger partial charge >= 0.3 is 5.97 Å². The average molecular weight is 667 g/mol. The summed E-state index contributed by atoms with van der Waals surface area (Å²) in [6, 6.07) is 26.6. The summed E-state index contributed by atoms with van der Waals surface area (Å²) in [7, 11) is 0. The highest BCUT2D eigenvalue weighted by Gasteiger charge is 2.35. The van der Waals surface area contributed by atoms with Crippen LogP contribution in [0.1, 0.15) is 55.2 Å². The minimum Gasteiger partial charge on any atom is -0.489 e. The SMILES string of the molecule is C=CCC[C@H](Cc1ccccc1)C(=O)OC[C@@H]1CCCN1C(=O)[C@H](CC=C)CC(=O)N[C@H](CO)Cc1ccc(OCc2ccccc2)cc1. The average Bonchev–Trinajstić information content (AvgIpc) is 3.61. The maximum atomic E-state index is 13.7. The summed E-state index contributed by atoms with van der Waals surface area (Å²) in [4.78, 5) is 41.9. The van der Waals surface area contributed by atoms with E-state index < -0.39 is 12.0 Å². The molecule has 8 heteroatoms. The van der Waals surface area contributed by atoms with Gasteiger partial charge in [-0.1, -0.05) is 84.9 Å². The number of likely N-dealkylation sites (tertiary alicyclic amines) is 1. The molecule has 2 N–H and O–H groups in total. The van der Waals surface area contributed by atoms with Crippen molar-refractivity contribution in [1.29, 1.82) is 0 Å². The highest BCUT2D eigenvalue weighted by Crippen LogP contribution is 2.25. The second-order valence-corrected chi connectivity index (χ2v) is 12.7. The zero-order valence-electron chi connectivity index (χ0n) is 28.4. The van der Waals surface area contributed by atoms with Crippen LogP contribution in [0.3, 0.4) is 0 Å². The van der Waals surface area contributed by atoms with Gasteiger partial charge in [-0.2, -0.15) is 0 Å². The van der Waals surface area contributed by atoms with Gasteiger partial charge in [0.05, 0.1) is 30.5 Å². The molecule has 0 aromatic heterocycles. The zero-order chi connectivity index (χ0) is 34.8. The summed E-state index contributed by atoms with van der Waals surface area (Å²) >= 11 is 0. The second-order valence-electron chi connectivity index (χ2n) is 12.7. The molecule has 0 saturated carbocycles. The summed E-state index contributed by atoms with van der Waals surface area (Å²) in [6.45, 7) is 8.51. The molecular formula is C41H50N2O6. The fraction of sp³-hybridized carbons (Fsp3) is 0.390. The van der Waals surface area contributed by atoms with E-state index in [1.54, 1.807) is 11.0 Å². The normalized spacial score (nSPS) is 15.9. The maximum Gasteiger partial charge on any atom is 0.309 e. The lowest BCUT2D eigenvalue weighted by Gasteiger charge is -2.29. The number of nitrogens with one attached hydrogen (secondary N) is 1. The van der Waals surface area contributed by atoms with E-state index in [-0.39, 0.29) is 49.4 Å². The summed E-state index contributed by atoms with van der Waals surface area (Å²) in [6.07, 6.45) is 7.66. The zero-order valence-corrected chi connectivity index (χ0v) is 28.4. The summed E-state index contributed by atoms with van der Waals surface area (Å²) in [5, 5.41) is 13.0. The van der Waals surface area contributed by atoms with Crippen LogP contribution < -0.4 is 10.1 Å². The number of ether oxygens (including phenoxy) is 2. The van der Waals surface area contributed by atoms with Crippen molar-refractivity contribution in [3.05, 3.63) is 127 Å². The number of carbonyl (C=O) groups is 3. The highest BCUT2D eigenvalue weighted by molar-refractivity contribution is 5.86. The van der Waals surface area contributed by atoms with Crippen LogP contribution in [0.15, 0.2) is 110 Å². The number of rotatable bonds is 20. The summed E-state index contributed by atoms with van der Waals surface area (Å²) < 4.78 is 11.7. The molecule has 3 aromatic rings. The number of nitrogens with zero attached hydrogens (tertiary/aromatic N) is 1. The Morgan fingerprint density at radius 3 is 2.20 bits per heavy atom. The molecular weight excluding hydrogens is 616 g/mol. The molecule has 8 nitrogen and oxygen atoms in total. The summed E-state index contributed by atoms with van der Waals surface area (Å²) in [5.74, 6) is -0.891. The van der Waals surface area contributed by atoms with Crippen LogP contribution in [0, 0.1) is 11.8 Å². The van der Waals surface area contributed by atoms with Crippen LogP contribution in [0.2, 0.25) is 0 Å². The molecule has 3 aromatic carbocycles. The van der Waals surface area contributed by atoms with Crippen LogP contribution in [-0.4, -0.2) is 59.6 Å². The Labute approximate surface area is 290 Å². The smallest absolute Gasteiger partial charge is 0.309 e. The third-order valence-electron chi connectivity index (χ3n) is 8.93. The van der Waals surface area contributed by atoms with Crippen molar-refractivity contribution in [2.45, 2.75) is 70.1 Å². The molecule has 1 aliphatic heterocycles. The van der Waals surface area contributed by atoms with E-state index in [4.69, 9.17) is 9.47 Å². The fourth-order valence-electron chi connectivity index (χ4n) is 6.24. The van der Waals surface area contributed by atoms with Crippen molar-refractivity contribution in [2.75, 3.05) is 19.8 Å². The van der Waals surface area contributed by atoms with E-state index in [1.807, 2.05) is 91.0 Å². The molecule has 0 unspecified atom stereocenters. The molecule has 1 aliphatic rings. The molecule has 49 heavy (non-hydrogen) atoms. The monoisotopic (exact) mass is 666 g/mol. The molecule has 4 atom stereocenters. The Balaban J connectivity index is 1.28. The first-order chi connectivity index (χ1) is 23.9. The van der Waals surface area contributed by atoms with Crippen molar-refractivity contribution in [2.24, 2.45) is 11.8 Å². The molecule has 0 bridgehead atoms. The predicted octanol–water partition coefficient (Wildman–Crippen LogP) is 6.23. The van der Waals surface area contributed by atoms with Gasteiger partial charge in [-0.3, -0.25) is 14.4 Å². The number of aliphatic hydroxyl groups is 1. The Morgan fingerprint density at radius 1 is 0.878 bits per heavy atom. The number of hydrogen-bond acceptors (Lipinski definition) is 6. The molecule has 2 amide bonds. The predicted molar refractivity (Wildman–Crippen MR) is 192 cm³/mol. The number of allylic oxidation sites excluding steroid dienone is 2.